The van der Waals surface area contributed by atoms with Gasteiger partial charge in [-0.3, -0.25) is 0 Å². The van der Waals surface area contributed by atoms with Crippen LogP contribution in [-0.4, -0.2) is 52.2 Å². The fraction of sp³-hybridized carbons (Fsp3) is 0.800. The van der Waals surface area contributed by atoms with Crippen LogP contribution in [-0.2, 0) is 25.4 Å². The van der Waals surface area contributed by atoms with E-state index in [4.69, 9.17) is 28.4 Å². The quantitative estimate of drug-likeness (QED) is 0.478. The van der Waals surface area contributed by atoms with Gasteiger partial charge in [-0.2, -0.15) is 0 Å². The fourth-order valence-electron chi connectivity index (χ4n) is 8.25. The molecule has 3 aliphatic carbocycles. The van der Waals surface area contributed by atoms with Crippen LogP contribution in [0.2, 0.25) is 0 Å². The number of methoxy groups -OCH3 is 2. The SMILES string of the molecule is COc1cc2c(c(OC)c1)[C@H]1CC[C@@]3(C)[C@@H](C[C@@H](OC4CCCCO4)[C@@H]3OC3CCCCO3)[C@H]1CC2. The van der Waals surface area contributed by atoms with Crippen LogP contribution in [0.4, 0.5) is 0 Å². The van der Waals surface area contributed by atoms with E-state index in [0.29, 0.717) is 17.8 Å². The molecule has 0 aromatic heterocycles. The number of hydrogen-bond donors (Lipinski definition) is 0. The third-order valence-corrected chi connectivity index (χ3v) is 10.0. The Kier molecular flexibility index (Phi) is 7.24. The van der Waals surface area contributed by atoms with Crippen molar-refractivity contribution in [2.45, 2.75) is 108 Å². The van der Waals surface area contributed by atoms with Gasteiger partial charge in [-0.25, -0.2) is 0 Å². The minimum atomic E-state index is -0.102. The molecular weight excluding hydrogens is 456 g/mol. The number of fused-ring (bicyclic) bond motifs is 5. The Bertz CT molecular complexity index is 890. The fourth-order valence-corrected chi connectivity index (χ4v) is 8.25. The lowest BCUT2D eigenvalue weighted by Crippen LogP contribution is -2.48. The maximum atomic E-state index is 6.86. The zero-order valence-corrected chi connectivity index (χ0v) is 22.3. The summed E-state index contributed by atoms with van der Waals surface area (Å²) >= 11 is 0. The lowest BCUT2D eigenvalue weighted by Gasteiger charge is -2.51. The number of hydrogen-bond acceptors (Lipinski definition) is 6. The summed E-state index contributed by atoms with van der Waals surface area (Å²) in [5.41, 5.74) is 2.91. The molecule has 1 aromatic rings. The molecule has 0 amide bonds. The number of aryl methyl sites for hydroxylation is 1. The molecule has 200 valence electrons. The summed E-state index contributed by atoms with van der Waals surface area (Å²) in [4.78, 5) is 0. The molecule has 1 aromatic carbocycles. The van der Waals surface area contributed by atoms with Crippen LogP contribution >= 0.6 is 0 Å². The molecule has 2 aliphatic heterocycles. The first-order valence-corrected chi connectivity index (χ1v) is 14.4. The molecule has 2 heterocycles. The summed E-state index contributed by atoms with van der Waals surface area (Å²) < 4.78 is 37.2. The molecule has 6 rings (SSSR count). The van der Waals surface area contributed by atoms with Crippen LogP contribution in [0.25, 0.3) is 0 Å². The minimum absolute atomic E-state index is 0.0521. The summed E-state index contributed by atoms with van der Waals surface area (Å²) in [5, 5.41) is 0. The molecule has 2 unspecified atom stereocenters. The van der Waals surface area contributed by atoms with Crippen molar-refractivity contribution in [2.24, 2.45) is 17.3 Å². The van der Waals surface area contributed by atoms with E-state index in [1.807, 2.05) is 0 Å². The van der Waals surface area contributed by atoms with Crippen LogP contribution < -0.4 is 9.47 Å². The molecule has 0 bridgehead atoms. The van der Waals surface area contributed by atoms with Crippen molar-refractivity contribution < 1.29 is 28.4 Å². The second kappa shape index (κ2) is 10.4. The highest BCUT2D eigenvalue weighted by Gasteiger charge is 2.60. The number of benzene rings is 1. The van der Waals surface area contributed by atoms with E-state index in [9.17, 15) is 0 Å². The monoisotopic (exact) mass is 500 g/mol. The van der Waals surface area contributed by atoms with E-state index in [1.54, 1.807) is 14.2 Å². The molecule has 2 saturated carbocycles. The summed E-state index contributed by atoms with van der Waals surface area (Å²) in [6.07, 6.45) is 12.1. The van der Waals surface area contributed by atoms with Crippen molar-refractivity contribution in [1.29, 1.82) is 0 Å². The third kappa shape index (κ3) is 4.46. The van der Waals surface area contributed by atoms with E-state index in [2.05, 4.69) is 19.1 Å². The first kappa shape index (κ1) is 25.0. The van der Waals surface area contributed by atoms with Crippen molar-refractivity contribution in [3.8, 4) is 11.5 Å². The van der Waals surface area contributed by atoms with Crippen LogP contribution in [0.1, 0.15) is 88.2 Å². The molecule has 4 fully saturated rings. The maximum Gasteiger partial charge on any atom is 0.158 e. The molecule has 5 aliphatic rings. The summed E-state index contributed by atoms with van der Waals surface area (Å²) in [6.45, 7) is 4.09. The normalized spacial score (nSPS) is 40.1. The van der Waals surface area contributed by atoms with E-state index in [0.717, 1.165) is 76.1 Å². The summed E-state index contributed by atoms with van der Waals surface area (Å²) in [5.74, 6) is 3.57. The van der Waals surface area contributed by atoms with Gasteiger partial charge in [0.25, 0.3) is 0 Å². The Morgan fingerprint density at radius 2 is 1.61 bits per heavy atom. The molecule has 2 saturated heterocycles. The first-order valence-electron chi connectivity index (χ1n) is 14.4. The largest absolute Gasteiger partial charge is 0.497 e. The second-order valence-corrected chi connectivity index (χ2v) is 11.9. The van der Waals surface area contributed by atoms with E-state index >= 15 is 0 Å². The van der Waals surface area contributed by atoms with Crippen LogP contribution in [0.15, 0.2) is 12.1 Å². The first-order chi connectivity index (χ1) is 17.6. The lowest BCUT2D eigenvalue weighted by molar-refractivity contribution is -0.257. The molecule has 0 spiro atoms. The Morgan fingerprint density at radius 1 is 0.861 bits per heavy atom. The van der Waals surface area contributed by atoms with Crippen LogP contribution in [0.5, 0.6) is 11.5 Å². The standard InChI is InChI=1S/C30H44O6/c1-30-13-12-22-21(11-10-19-16-20(31-2)17-24(32-3)28(19)22)23(30)18-25(35-26-8-4-6-14-33-26)29(30)36-27-9-5-7-15-34-27/h16-17,21-23,25-27,29H,4-15,18H2,1-3H3/t21-,22-,23-,25+,26?,27?,29-,30-/m0/s1. The van der Waals surface area contributed by atoms with Gasteiger partial charge in [0, 0.05) is 24.8 Å². The molecular formula is C30H44O6. The second-order valence-electron chi connectivity index (χ2n) is 11.9. The molecule has 6 heteroatoms. The van der Waals surface area contributed by atoms with Gasteiger partial charge in [-0.1, -0.05) is 6.92 Å². The number of ether oxygens (including phenoxy) is 6. The average molecular weight is 501 g/mol. The van der Waals surface area contributed by atoms with Gasteiger partial charge >= 0.3 is 0 Å². The highest BCUT2D eigenvalue weighted by atomic mass is 16.7. The van der Waals surface area contributed by atoms with Crippen LogP contribution in [0, 0.1) is 17.3 Å². The Hall–Kier alpha value is -1.34. The Balaban J connectivity index is 1.29. The smallest absolute Gasteiger partial charge is 0.158 e. The highest BCUT2D eigenvalue weighted by molar-refractivity contribution is 5.50. The Morgan fingerprint density at radius 3 is 2.28 bits per heavy atom. The van der Waals surface area contributed by atoms with Gasteiger partial charge in [0.1, 0.15) is 11.5 Å². The predicted octanol–water partition coefficient (Wildman–Crippen LogP) is 5.99. The maximum absolute atomic E-state index is 6.86. The summed E-state index contributed by atoms with van der Waals surface area (Å²) in [7, 11) is 3.53. The Labute approximate surface area is 216 Å². The molecule has 8 atom stereocenters. The van der Waals surface area contributed by atoms with Gasteiger partial charge in [0.05, 0.1) is 26.4 Å². The van der Waals surface area contributed by atoms with Crippen molar-refractivity contribution >= 4 is 0 Å². The highest BCUT2D eigenvalue weighted by Crippen LogP contribution is 2.63. The van der Waals surface area contributed by atoms with E-state index in [-0.39, 0.29) is 30.2 Å². The van der Waals surface area contributed by atoms with Gasteiger partial charge in [-0.05, 0) is 105 Å². The van der Waals surface area contributed by atoms with Crippen molar-refractivity contribution in [3.63, 3.8) is 0 Å². The van der Waals surface area contributed by atoms with Crippen LogP contribution in [0.3, 0.4) is 0 Å². The predicted molar refractivity (Wildman–Crippen MR) is 136 cm³/mol. The van der Waals surface area contributed by atoms with Gasteiger partial charge in [0.15, 0.2) is 12.6 Å². The van der Waals surface area contributed by atoms with Gasteiger partial charge < -0.3 is 28.4 Å². The lowest BCUT2D eigenvalue weighted by atomic mass is 9.55. The molecule has 0 radical (unpaired) electrons. The number of rotatable bonds is 6. The van der Waals surface area contributed by atoms with Gasteiger partial charge in [-0.15, -0.1) is 0 Å². The van der Waals surface area contributed by atoms with Crippen molar-refractivity contribution in [3.05, 3.63) is 23.3 Å². The third-order valence-electron chi connectivity index (χ3n) is 10.0. The topological polar surface area (TPSA) is 55.4 Å². The average Bonchev–Trinajstić information content (AvgIpc) is 3.19. The minimum Gasteiger partial charge on any atom is -0.497 e. The molecule has 36 heavy (non-hydrogen) atoms. The van der Waals surface area contributed by atoms with Crippen molar-refractivity contribution in [2.75, 3.05) is 27.4 Å². The zero-order valence-electron chi connectivity index (χ0n) is 22.3. The van der Waals surface area contributed by atoms with Crippen molar-refractivity contribution in [1.82, 2.24) is 0 Å². The van der Waals surface area contributed by atoms with E-state index < -0.39 is 0 Å². The zero-order chi connectivity index (χ0) is 24.7. The van der Waals surface area contributed by atoms with Gasteiger partial charge in [0.2, 0.25) is 0 Å². The van der Waals surface area contributed by atoms with E-state index in [1.165, 1.54) is 30.4 Å². The molecule has 6 nitrogen and oxygen atoms in total. The molecule has 0 N–H and O–H groups in total. The summed E-state index contributed by atoms with van der Waals surface area (Å²) in [6, 6.07) is 4.30.